The summed E-state index contributed by atoms with van der Waals surface area (Å²) >= 11 is 1.35. The third kappa shape index (κ3) is 9.60. The number of carbonyl (C=O) groups is 3. The van der Waals surface area contributed by atoms with Crippen LogP contribution in [0.3, 0.4) is 0 Å². The molecule has 1 heterocycles. The summed E-state index contributed by atoms with van der Waals surface area (Å²) in [5.41, 5.74) is 5.94. The second kappa shape index (κ2) is 11.8. The van der Waals surface area contributed by atoms with Crippen molar-refractivity contribution < 1.29 is 42.5 Å². The third-order valence-corrected chi connectivity index (χ3v) is 4.97. The average molecular weight is 474 g/mol. The number of ether oxygens (including phenoxy) is 1. The Morgan fingerprint density at radius 3 is 2.16 bits per heavy atom. The number of hydrogen-bond donors (Lipinski definition) is 4. The summed E-state index contributed by atoms with van der Waals surface area (Å²) in [6, 6.07) is 10.0. The van der Waals surface area contributed by atoms with E-state index in [1.807, 2.05) is 13.0 Å². The number of nitrogen functional groups attached to an aromatic ring is 1. The molecule has 5 N–H and O–H groups in total. The number of carboxylic acid groups (broad SMARTS) is 2. The molecular formula is C20H21F3N2O6S. The van der Waals surface area contributed by atoms with Gasteiger partial charge in [0.25, 0.3) is 0 Å². The topological polar surface area (TPSA) is 151 Å². The smallest absolute Gasteiger partial charge is 0.481 e. The quantitative estimate of drug-likeness (QED) is 0.196. The van der Waals surface area contributed by atoms with Crippen molar-refractivity contribution in [3.05, 3.63) is 51.7 Å². The maximum Gasteiger partial charge on any atom is 0.490 e. The van der Waals surface area contributed by atoms with Crippen molar-refractivity contribution in [1.29, 1.82) is 5.41 Å². The van der Waals surface area contributed by atoms with E-state index >= 15 is 0 Å². The predicted octanol–water partition coefficient (Wildman–Crippen LogP) is 3.93. The van der Waals surface area contributed by atoms with E-state index in [4.69, 9.17) is 30.9 Å². The predicted molar refractivity (Wildman–Crippen MR) is 110 cm³/mol. The Bertz CT molecular complexity index is 957. The van der Waals surface area contributed by atoms with Gasteiger partial charge in [-0.25, -0.2) is 9.59 Å². The van der Waals surface area contributed by atoms with E-state index in [-0.39, 0.29) is 18.2 Å². The van der Waals surface area contributed by atoms with E-state index in [2.05, 4.69) is 0 Å². The van der Waals surface area contributed by atoms with E-state index in [9.17, 15) is 22.8 Å². The minimum Gasteiger partial charge on any atom is -0.481 e. The fourth-order valence-corrected chi connectivity index (χ4v) is 3.32. The number of benzene rings is 1. The van der Waals surface area contributed by atoms with Crippen LogP contribution in [-0.4, -0.2) is 40.1 Å². The molecule has 0 aliphatic rings. The number of esters is 1. The zero-order valence-corrected chi connectivity index (χ0v) is 17.6. The molecule has 0 bridgehead atoms. The molecule has 12 heteroatoms. The first-order valence-corrected chi connectivity index (χ1v) is 9.88. The standard InChI is InChI=1S/C18H20N2O4S.C2HF3O2/c1-11(2-9-16(21)22)10-14-7-8-15(25-14)18(23)24-13-5-3-12(4-6-13)17(19)20;3-2(4,5)1(6)7/h3-8,11H,2,9-10H2,1H3,(H3,19,20)(H,21,22);(H,6,7). The second-order valence-corrected chi connectivity index (χ2v) is 7.81. The lowest BCUT2D eigenvalue weighted by Crippen LogP contribution is -2.21. The Balaban J connectivity index is 0.000000633. The summed E-state index contributed by atoms with van der Waals surface area (Å²) in [6.07, 6.45) is -3.59. The van der Waals surface area contributed by atoms with Gasteiger partial charge in [0, 0.05) is 16.9 Å². The lowest BCUT2D eigenvalue weighted by molar-refractivity contribution is -0.192. The number of thiophene rings is 1. The Kier molecular flexibility index (Phi) is 9.85. The largest absolute Gasteiger partial charge is 0.490 e. The van der Waals surface area contributed by atoms with Crippen LogP contribution in [0.15, 0.2) is 36.4 Å². The summed E-state index contributed by atoms with van der Waals surface area (Å²) in [4.78, 5) is 33.2. The number of carbonyl (C=O) groups excluding carboxylic acids is 1. The molecule has 0 radical (unpaired) electrons. The van der Waals surface area contributed by atoms with Gasteiger partial charge in [0.05, 0.1) is 0 Å². The highest BCUT2D eigenvalue weighted by atomic mass is 32.1. The summed E-state index contributed by atoms with van der Waals surface area (Å²) < 4.78 is 37.1. The molecule has 0 amide bonds. The van der Waals surface area contributed by atoms with E-state index in [1.54, 1.807) is 30.3 Å². The molecule has 32 heavy (non-hydrogen) atoms. The Labute approximate surface area is 184 Å². The number of alkyl halides is 3. The van der Waals surface area contributed by atoms with Gasteiger partial charge in [-0.05, 0) is 55.2 Å². The molecule has 0 aliphatic carbocycles. The van der Waals surface area contributed by atoms with E-state index < -0.39 is 24.1 Å². The van der Waals surface area contributed by atoms with Gasteiger partial charge in [-0.15, -0.1) is 11.3 Å². The SMILES string of the molecule is CC(CCC(=O)O)Cc1ccc(C(=O)Oc2ccc(C(=N)N)cc2)s1.O=C(O)C(F)(F)F. The normalized spacial score (nSPS) is 11.6. The van der Waals surface area contributed by atoms with Crippen LogP contribution in [0.1, 0.15) is 39.9 Å². The minimum absolute atomic E-state index is 0.0437. The minimum atomic E-state index is -5.08. The van der Waals surface area contributed by atoms with Gasteiger partial charge in [0.2, 0.25) is 0 Å². The van der Waals surface area contributed by atoms with Gasteiger partial charge in [0.15, 0.2) is 0 Å². The highest BCUT2D eigenvalue weighted by Crippen LogP contribution is 2.23. The number of nitrogens with one attached hydrogen (secondary N) is 1. The van der Waals surface area contributed by atoms with Crippen LogP contribution in [0.25, 0.3) is 0 Å². The summed E-state index contributed by atoms with van der Waals surface area (Å²) in [5, 5.41) is 23.2. The molecule has 174 valence electrons. The van der Waals surface area contributed by atoms with Crippen molar-refractivity contribution in [3.63, 3.8) is 0 Å². The fraction of sp³-hybridized carbons (Fsp3) is 0.300. The van der Waals surface area contributed by atoms with Crippen molar-refractivity contribution in [2.75, 3.05) is 0 Å². The zero-order chi connectivity index (χ0) is 24.5. The third-order valence-electron chi connectivity index (χ3n) is 3.88. The highest BCUT2D eigenvalue weighted by molar-refractivity contribution is 7.13. The maximum atomic E-state index is 12.2. The van der Waals surface area contributed by atoms with Crippen LogP contribution in [0.5, 0.6) is 5.75 Å². The fourth-order valence-electron chi connectivity index (χ4n) is 2.27. The maximum absolute atomic E-state index is 12.2. The van der Waals surface area contributed by atoms with Gasteiger partial charge >= 0.3 is 24.1 Å². The summed E-state index contributed by atoms with van der Waals surface area (Å²) in [7, 11) is 0. The molecule has 1 unspecified atom stereocenters. The number of halogens is 3. The van der Waals surface area contributed by atoms with Gasteiger partial charge in [-0.3, -0.25) is 10.2 Å². The van der Waals surface area contributed by atoms with Gasteiger partial charge in [-0.2, -0.15) is 13.2 Å². The number of carboxylic acids is 2. The molecule has 0 spiro atoms. The summed E-state index contributed by atoms with van der Waals surface area (Å²) in [5.74, 6) is -3.41. The van der Waals surface area contributed by atoms with Crippen LogP contribution < -0.4 is 10.5 Å². The van der Waals surface area contributed by atoms with Crippen LogP contribution in [0.2, 0.25) is 0 Å². The number of amidine groups is 1. The van der Waals surface area contributed by atoms with Gasteiger partial charge in [-0.1, -0.05) is 6.92 Å². The zero-order valence-electron chi connectivity index (χ0n) is 16.8. The lowest BCUT2D eigenvalue weighted by atomic mass is 10.0. The molecule has 2 aromatic rings. The number of rotatable bonds is 8. The van der Waals surface area contributed by atoms with E-state index in [1.165, 1.54) is 11.3 Å². The number of aliphatic carboxylic acids is 2. The molecule has 0 aliphatic heterocycles. The molecule has 0 saturated carbocycles. The molecule has 0 saturated heterocycles. The molecule has 1 aromatic carbocycles. The summed E-state index contributed by atoms with van der Waals surface area (Å²) in [6.45, 7) is 2.00. The highest BCUT2D eigenvalue weighted by Gasteiger charge is 2.38. The van der Waals surface area contributed by atoms with Gasteiger partial charge < -0.3 is 20.7 Å². The first-order chi connectivity index (χ1) is 14.8. The average Bonchev–Trinajstić information content (AvgIpc) is 3.15. The van der Waals surface area contributed by atoms with Crippen molar-refractivity contribution in [2.45, 2.75) is 32.4 Å². The Hall–Kier alpha value is -3.41. The van der Waals surface area contributed by atoms with E-state index in [0.717, 1.165) is 11.3 Å². The first kappa shape index (κ1) is 26.6. The van der Waals surface area contributed by atoms with Gasteiger partial charge in [0.1, 0.15) is 16.5 Å². The molecular weight excluding hydrogens is 453 g/mol. The lowest BCUT2D eigenvalue weighted by Gasteiger charge is -2.07. The number of hydrogen-bond acceptors (Lipinski definition) is 6. The van der Waals surface area contributed by atoms with Crippen LogP contribution in [0, 0.1) is 11.3 Å². The molecule has 1 atom stereocenters. The molecule has 8 nitrogen and oxygen atoms in total. The molecule has 2 rings (SSSR count). The van der Waals surface area contributed by atoms with Crippen LogP contribution in [-0.2, 0) is 16.0 Å². The Morgan fingerprint density at radius 2 is 1.69 bits per heavy atom. The second-order valence-electron chi connectivity index (χ2n) is 6.64. The monoisotopic (exact) mass is 474 g/mol. The van der Waals surface area contributed by atoms with Crippen LogP contribution >= 0.6 is 11.3 Å². The van der Waals surface area contributed by atoms with Crippen molar-refractivity contribution in [1.82, 2.24) is 0 Å². The first-order valence-electron chi connectivity index (χ1n) is 9.06. The molecule has 0 fully saturated rings. The number of nitrogens with two attached hydrogens (primary N) is 1. The van der Waals surface area contributed by atoms with Crippen molar-refractivity contribution in [2.24, 2.45) is 11.7 Å². The van der Waals surface area contributed by atoms with Crippen molar-refractivity contribution >= 4 is 35.1 Å². The van der Waals surface area contributed by atoms with Crippen molar-refractivity contribution in [3.8, 4) is 5.75 Å². The van der Waals surface area contributed by atoms with Crippen LogP contribution in [0.4, 0.5) is 13.2 Å². The molecule has 1 aromatic heterocycles. The van der Waals surface area contributed by atoms with E-state index in [0.29, 0.717) is 22.6 Å². The Morgan fingerprint density at radius 1 is 1.12 bits per heavy atom.